The molecule has 0 fully saturated rings. The molecule has 0 atom stereocenters. The Hall–Kier alpha value is -2.10. The molecule has 19 heavy (non-hydrogen) atoms. The average Bonchev–Trinajstić information content (AvgIpc) is 2.45. The number of unbranched alkanes of at least 4 members (excludes halogenated alkanes) is 1. The molecule has 0 radical (unpaired) electrons. The van der Waals surface area contributed by atoms with Crippen LogP contribution in [0, 0.1) is 0 Å². The summed E-state index contributed by atoms with van der Waals surface area (Å²) in [6.07, 6.45) is 2.30. The third kappa shape index (κ3) is 3.44. The standard InChI is InChI=1S/C15H20N4/c1-3-4-10-19(2)14-11-13(16)17-15(18-14)12-8-6-5-7-9-12/h5-9,11H,3-4,10H2,1-2H3,(H2,16,17,18). The van der Waals surface area contributed by atoms with Gasteiger partial charge in [0.1, 0.15) is 11.6 Å². The van der Waals surface area contributed by atoms with Crippen LogP contribution in [0.5, 0.6) is 0 Å². The van der Waals surface area contributed by atoms with E-state index >= 15 is 0 Å². The lowest BCUT2D eigenvalue weighted by molar-refractivity contribution is 0.759. The second-order valence-electron chi connectivity index (χ2n) is 4.62. The minimum Gasteiger partial charge on any atom is -0.384 e. The molecule has 1 heterocycles. The summed E-state index contributed by atoms with van der Waals surface area (Å²) in [5, 5.41) is 0. The molecule has 2 N–H and O–H groups in total. The van der Waals surface area contributed by atoms with Gasteiger partial charge in [-0.05, 0) is 6.42 Å². The van der Waals surface area contributed by atoms with Crippen LogP contribution in [0.4, 0.5) is 11.6 Å². The zero-order valence-electron chi connectivity index (χ0n) is 11.5. The van der Waals surface area contributed by atoms with Crippen LogP contribution in [0.2, 0.25) is 0 Å². The number of hydrogen-bond donors (Lipinski definition) is 1. The number of rotatable bonds is 5. The van der Waals surface area contributed by atoms with Crippen molar-refractivity contribution >= 4 is 11.6 Å². The topological polar surface area (TPSA) is 55.0 Å². The Balaban J connectivity index is 2.29. The van der Waals surface area contributed by atoms with Gasteiger partial charge in [0.2, 0.25) is 0 Å². The monoisotopic (exact) mass is 256 g/mol. The second kappa shape index (κ2) is 6.18. The SMILES string of the molecule is CCCCN(C)c1cc(N)nc(-c2ccccc2)n1. The van der Waals surface area contributed by atoms with Crippen molar-refractivity contribution in [3.8, 4) is 11.4 Å². The van der Waals surface area contributed by atoms with E-state index in [9.17, 15) is 0 Å². The van der Waals surface area contributed by atoms with E-state index in [0.717, 1.165) is 30.8 Å². The predicted octanol–water partition coefficient (Wildman–Crippen LogP) is 2.96. The van der Waals surface area contributed by atoms with Gasteiger partial charge in [-0.3, -0.25) is 0 Å². The van der Waals surface area contributed by atoms with Crippen LogP contribution < -0.4 is 10.6 Å². The zero-order valence-corrected chi connectivity index (χ0v) is 11.5. The number of nitrogens with two attached hydrogens (primary N) is 1. The summed E-state index contributed by atoms with van der Waals surface area (Å²) in [6, 6.07) is 11.7. The molecule has 2 rings (SSSR count). The van der Waals surface area contributed by atoms with Crippen molar-refractivity contribution in [2.24, 2.45) is 0 Å². The summed E-state index contributed by atoms with van der Waals surface area (Å²) in [6.45, 7) is 3.15. The van der Waals surface area contributed by atoms with E-state index in [1.165, 1.54) is 0 Å². The van der Waals surface area contributed by atoms with Crippen LogP contribution in [-0.4, -0.2) is 23.6 Å². The van der Waals surface area contributed by atoms with Gasteiger partial charge >= 0.3 is 0 Å². The predicted molar refractivity (Wildman–Crippen MR) is 80.1 cm³/mol. The minimum atomic E-state index is 0.507. The molecule has 0 saturated carbocycles. The van der Waals surface area contributed by atoms with Crippen LogP contribution in [0.25, 0.3) is 11.4 Å². The lowest BCUT2D eigenvalue weighted by Gasteiger charge is -2.18. The third-order valence-corrected chi connectivity index (χ3v) is 3.00. The maximum Gasteiger partial charge on any atom is 0.163 e. The van der Waals surface area contributed by atoms with Crippen LogP contribution in [0.1, 0.15) is 19.8 Å². The number of hydrogen-bond acceptors (Lipinski definition) is 4. The van der Waals surface area contributed by atoms with Crippen molar-refractivity contribution in [3.05, 3.63) is 36.4 Å². The number of anilines is 2. The summed E-state index contributed by atoms with van der Waals surface area (Å²) in [5.74, 6) is 2.06. The first kappa shape index (κ1) is 13.3. The summed E-state index contributed by atoms with van der Waals surface area (Å²) < 4.78 is 0. The van der Waals surface area contributed by atoms with Gasteiger partial charge in [0.15, 0.2) is 5.82 Å². The zero-order chi connectivity index (χ0) is 13.7. The fraction of sp³-hybridized carbons (Fsp3) is 0.333. The molecule has 1 aromatic heterocycles. The van der Waals surface area contributed by atoms with Gasteiger partial charge in [0.25, 0.3) is 0 Å². The molecule has 0 saturated heterocycles. The number of benzene rings is 1. The van der Waals surface area contributed by atoms with Gasteiger partial charge in [-0.15, -0.1) is 0 Å². The van der Waals surface area contributed by atoms with E-state index in [4.69, 9.17) is 5.73 Å². The summed E-state index contributed by atoms with van der Waals surface area (Å²) in [7, 11) is 2.03. The minimum absolute atomic E-state index is 0.507. The quantitative estimate of drug-likeness (QED) is 0.893. The summed E-state index contributed by atoms with van der Waals surface area (Å²) in [5.41, 5.74) is 6.87. The molecule has 100 valence electrons. The lowest BCUT2D eigenvalue weighted by atomic mass is 10.2. The summed E-state index contributed by atoms with van der Waals surface area (Å²) in [4.78, 5) is 11.0. The van der Waals surface area contributed by atoms with E-state index < -0.39 is 0 Å². The highest BCUT2D eigenvalue weighted by molar-refractivity contribution is 5.60. The smallest absolute Gasteiger partial charge is 0.163 e. The molecule has 0 unspecified atom stereocenters. The molecule has 0 spiro atoms. The highest BCUT2D eigenvalue weighted by atomic mass is 15.2. The maximum atomic E-state index is 5.89. The van der Waals surface area contributed by atoms with Crippen molar-refractivity contribution in [2.75, 3.05) is 24.2 Å². The first-order chi connectivity index (χ1) is 9.20. The van der Waals surface area contributed by atoms with E-state index in [1.54, 1.807) is 0 Å². The Morgan fingerprint density at radius 2 is 1.89 bits per heavy atom. The Morgan fingerprint density at radius 1 is 1.16 bits per heavy atom. The Morgan fingerprint density at radius 3 is 2.58 bits per heavy atom. The van der Waals surface area contributed by atoms with Gasteiger partial charge < -0.3 is 10.6 Å². The molecule has 2 aromatic rings. The second-order valence-corrected chi connectivity index (χ2v) is 4.62. The lowest BCUT2D eigenvalue weighted by Crippen LogP contribution is -2.20. The summed E-state index contributed by atoms with van der Waals surface area (Å²) >= 11 is 0. The number of nitrogens with zero attached hydrogens (tertiary/aromatic N) is 3. The van der Waals surface area contributed by atoms with Crippen molar-refractivity contribution in [1.29, 1.82) is 0 Å². The first-order valence-electron chi connectivity index (χ1n) is 6.62. The maximum absolute atomic E-state index is 5.89. The van der Waals surface area contributed by atoms with Crippen molar-refractivity contribution in [1.82, 2.24) is 9.97 Å². The average molecular weight is 256 g/mol. The van der Waals surface area contributed by atoms with E-state index in [2.05, 4.69) is 21.8 Å². The normalized spacial score (nSPS) is 10.4. The Bertz CT molecular complexity index is 525. The molecule has 0 aliphatic carbocycles. The van der Waals surface area contributed by atoms with Crippen LogP contribution in [-0.2, 0) is 0 Å². The number of nitrogen functional groups attached to an aromatic ring is 1. The molecule has 0 aliphatic rings. The molecule has 4 nitrogen and oxygen atoms in total. The van der Waals surface area contributed by atoms with Gasteiger partial charge in [-0.1, -0.05) is 43.7 Å². The Labute approximate surface area is 114 Å². The largest absolute Gasteiger partial charge is 0.384 e. The Kier molecular flexibility index (Phi) is 4.34. The van der Waals surface area contributed by atoms with Gasteiger partial charge in [0.05, 0.1) is 0 Å². The number of aromatic nitrogens is 2. The van der Waals surface area contributed by atoms with E-state index in [0.29, 0.717) is 11.6 Å². The fourth-order valence-corrected chi connectivity index (χ4v) is 1.87. The van der Waals surface area contributed by atoms with E-state index in [1.807, 2.05) is 43.4 Å². The fourth-order valence-electron chi connectivity index (χ4n) is 1.87. The first-order valence-corrected chi connectivity index (χ1v) is 6.62. The highest BCUT2D eigenvalue weighted by Crippen LogP contribution is 2.20. The molecule has 0 amide bonds. The molecule has 0 bridgehead atoms. The molecule has 1 aromatic carbocycles. The van der Waals surface area contributed by atoms with Crippen molar-refractivity contribution in [2.45, 2.75) is 19.8 Å². The molecule has 0 aliphatic heterocycles. The van der Waals surface area contributed by atoms with Crippen LogP contribution >= 0.6 is 0 Å². The van der Waals surface area contributed by atoms with Gasteiger partial charge in [-0.2, -0.15) is 0 Å². The van der Waals surface area contributed by atoms with Crippen LogP contribution in [0.3, 0.4) is 0 Å². The highest BCUT2D eigenvalue weighted by Gasteiger charge is 2.08. The van der Waals surface area contributed by atoms with Gasteiger partial charge in [-0.25, -0.2) is 9.97 Å². The molecular formula is C15H20N4. The molecular weight excluding hydrogens is 236 g/mol. The van der Waals surface area contributed by atoms with E-state index in [-0.39, 0.29) is 0 Å². The molecule has 4 heteroatoms. The van der Waals surface area contributed by atoms with Crippen LogP contribution in [0.15, 0.2) is 36.4 Å². The van der Waals surface area contributed by atoms with Crippen molar-refractivity contribution in [3.63, 3.8) is 0 Å². The third-order valence-electron chi connectivity index (χ3n) is 3.00. The van der Waals surface area contributed by atoms with Gasteiger partial charge in [0, 0.05) is 25.2 Å². The van der Waals surface area contributed by atoms with Crippen molar-refractivity contribution < 1.29 is 0 Å².